The number of ether oxygens (including phenoxy) is 1. The Kier molecular flexibility index (Phi) is 3.20. The Hall–Kier alpha value is -0.220. The zero-order valence-corrected chi connectivity index (χ0v) is 7.09. The minimum absolute atomic E-state index is 0.190. The molecule has 1 fully saturated rings. The summed E-state index contributed by atoms with van der Waals surface area (Å²) < 4.78 is 5.24. The quantitative estimate of drug-likeness (QED) is 0.615. The summed E-state index contributed by atoms with van der Waals surface area (Å²) >= 11 is 3.94. The van der Waals surface area contributed by atoms with Gasteiger partial charge in [0.25, 0.3) is 0 Å². The number of carboxylic acid groups (broad SMARTS) is 1. The van der Waals surface area contributed by atoms with Gasteiger partial charge in [-0.05, 0) is 19.3 Å². The van der Waals surface area contributed by atoms with E-state index in [9.17, 15) is 4.79 Å². The van der Waals surface area contributed by atoms with E-state index in [2.05, 4.69) is 12.6 Å². The lowest BCUT2D eigenvalue weighted by molar-refractivity contribution is -0.140. The molecule has 1 saturated heterocycles. The molecule has 0 aromatic rings. The maximum Gasteiger partial charge on any atom is 0.319 e. The van der Waals surface area contributed by atoms with Crippen LogP contribution in [0, 0.1) is 0 Å². The molecule has 0 bridgehead atoms. The first-order valence-electron chi connectivity index (χ1n) is 3.74. The Labute approximate surface area is 71.1 Å². The van der Waals surface area contributed by atoms with Crippen molar-refractivity contribution in [1.82, 2.24) is 0 Å². The van der Waals surface area contributed by atoms with Crippen LogP contribution in [-0.2, 0) is 9.53 Å². The largest absolute Gasteiger partial charge is 0.480 e. The predicted octanol–water partition coefficient (Wildman–Crippen LogP) is 0.939. The van der Waals surface area contributed by atoms with E-state index < -0.39 is 11.2 Å². The summed E-state index contributed by atoms with van der Waals surface area (Å²) in [4.78, 5) is 10.4. The Bertz CT molecular complexity index is 143. The van der Waals surface area contributed by atoms with Crippen LogP contribution in [0.5, 0.6) is 0 Å². The van der Waals surface area contributed by atoms with Gasteiger partial charge in [-0.1, -0.05) is 0 Å². The molecular weight excluding hydrogens is 164 g/mol. The lowest BCUT2D eigenvalue weighted by atomic mass is 10.1. The van der Waals surface area contributed by atoms with E-state index in [1.54, 1.807) is 0 Å². The lowest BCUT2D eigenvalue weighted by Gasteiger charge is -2.24. The Morgan fingerprint density at radius 2 is 2.36 bits per heavy atom. The molecule has 0 radical (unpaired) electrons. The first kappa shape index (κ1) is 8.87. The van der Waals surface area contributed by atoms with Crippen LogP contribution in [0.25, 0.3) is 0 Å². The normalized spacial score (nSPS) is 27.9. The van der Waals surface area contributed by atoms with Crippen molar-refractivity contribution in [3.8, 4) is 0 Å². The fraction of sp³-hybridized carbons (Fsp3) is 0.857. The van der Waals surface area contributed by atoms with Gasteiger partial charge in [-0.25, -0.2) is 0 Å². The maximum absolute atomic E-state index is 10.4. The van der Waals surface area contributed by atoms with Crippen LogP contribution in [0.15, 0.2) is 0 Å². The molecule has 1 rings (SSSR count). The standard InChI is InChI=1S/C7H12O3S/c8-7(9)6(11)5-3-1-2-4-10-5/h5-6,11H,1-4H2,(H,8,9). The van der Waals surface area contributed by atoms with Gasteiger partial charge in [0.1, 0.15) is 5.25 Å². The van der Waals surface area contributed by atoms with Crippen LogP contribution in [-0.4, -0.2) is 29.0 Å². The van der Waals surface area contributed by atoms with Crippen LogP contribution in [0.2, 0.25) is 0 Å². The van der Waals surface area contributed by atoms with Crippen molar-refractivity contribution in [3.63, 3.8) is 0 Å². The highest BCUT2D eigenvalue weighted by atomic mass is 32.1. The fourth-order valence-corrected chi connectivity index (χ4v) is 1.41. The van der Waals surface area contributed by atoms with Crippen molar-refractivity contribution in [1.29, 1.82) is 0 Å². The highest BCUT2D eigenvalue weighted by Crippen LogP contribution is 2.18. The molecule has 1 heterocycles. The molecule has 3 nitrogen and oxygen atoms in total. The molecule has 64 valence electrons. The average molecular weight is 176 g/mol. The molecule has 11 heavy (non-hydrogen) atoms. The van der Waals surface area contributed by atoms with Crippen LogP contribution < -0.4 is 0 Å². The fourth-order valence-electron chi connectivity index (χ4n) is 1.17. The summed E-state index contributed by atoms with van der Waals surface area (Å²) in [6.45, 7) is 0.676. The second kappa shape index (κ2) is 3.97. The maximum atomic E-state index is 10.4. The first-order chi connectivity index (χ1) is 5.22. The smallest absolute Gasteiger partial charge is 0.319 e. The van der Waals surface area contributed by atoms with Gasteiger partial charge < -0.3 is 9.84 Å². The van der Waals surface area contributed by atoms with E-state index in [0.29, 0.717) is 6.61 Å². The number of carbonyl (C=O) groups is 1. The van der Waals surface area contributed by atoms with E-state index in [1.165, 1.54) is 0 Å². The number of carboxylic acids is 1. The summed E-state index contributed by atoms with van der Waals surface area (Å²) in [5.41, 5.74) is 0. The van der Waals surface area contributed by atoms with Crippen LogP contribution in [0.1, 0.15) is 19.3 Å². The highest BCUT2D eigenvalue weighted by Gasteiger charge is 2.26. The summed E-state index contributed by atoms with van der Waals surface area (Å²) in [5.74, 6) is -0.889. The number of thiol groups is 1. The molecule has 0 amide bonds. The van der Waals surface area contributed by atoms with Crippen molar-refractivity contribution in [2.45, 2.75) is 30.6 Å². The van der Waals surface area contributed by atoms with E-state index >= 15 is 0 Å². The molecule has 2 atom stereocenters. The van der Waals surface area contributed by atoms with Crippen LogP contribution in [0.3, 0.4) is 0 Å². The van der Waals surface area contributed by atoms with Gasteiger partial charge >= 0.3 is 5.97 Å². The van der Waals surface area contributed by atoms with Crippen molar-refractivity contribution in [3.05, 3.63) is 0 Å². The summed E-state index contributed by atoms with van der Waals surface area (Å²) in [7, 11) is 0. The van der Waals surface area contributed by atoms with Gasteiger partial charge in [0, 0.05) is 6.61 Å². The highest BCUT2D eigenvalue weighted by molar-refractivity contribution is 7.81. The third kappa shape index (κ3) is 2.38. The van der Waals surface area contributed by atoms with E-state index in [0.717, 1.165) is 19.3 Å². The van der Waals surface area contributed by atoms with Crippen molar-refractivity contribution < 1.29 is 14.6 Å². The van der Waals surface area contributed by atoms with Gasteiger partial charge in [0.15, 0.2) is 0 Å². The molecule has 0 saturated carbocycles. The van der Waals surface area contributed by atoms with Crippen LogP contribution in [0.4, 0.5) is 0 Å². The Morgan fingerprint density at radius 3 is 2.82 bits per heavy atom. The lowest BCUT2D eigenvalue weighted by Crippen LogP contribution is -2.34. The number of hydrogen-bond donors (Lipinski definition) is 2. The van der Waals surface area contributed by atoms with Crippen LogP contribution >= 0.6 is 12.6 Å². The summed E-state index contributed by atoms with van der Waals surface area (Å²) in [6.07, 6.45) is 2.72. The van der Waals surface area contributed by atoms with Crippen molar-refractivity contribution in [2.75, 3.05) is 6.61 Å². The number of hydrogen-bond acceptors (Lipinski definition) is 3. The summed E-state index contributed by atoms with van der Waals surface area (Å²) in [5, 5.41) is 7.92. The molecule has 0 aromatic heterocycles. The molecular formula is C7H12O3S. The third-order valence-corrected chi connectivity index (χ3v) is 2.37. The minimum atomic E-state index is -0.889. The Morgan fingerprint density at radius 1 is 1.64 bits per heavy atom. The van der Waals surface area contributed by atoms with Crippen molar-refractivity contribution in [2.24, 2.45) is 0 Å². The average Bonchev–Trinajstić information content (AvgIpc) is 2.05. The van der Waals surface area contributed by atoms with Crippen molar-refractivity contribution >= 4 is 18.6 Å². The molecule has 1 aliphatic rings. The second-order valence-corrected chi connectivity index (χ2v) is 3.24. The predicted molar refractivity (Wildman–Crippen MR) is 44.0 cm³/mol. The third-order valence-electron chi connectivity index (χ3n) is 1.82. The number of rotatable bonds is 2. The van der Waals surface area contributed by atoms with E-state index in [-0.39, 0.29) is 6.10 Å². The van der Waals surface area contributed by atoms with E-state index in [1.807, 2.05) is 0 Å². The molecule has 4 heteroatoms. The molecule has 2 unspecified atom stereocenters. The molecule has 0 aliphatic carbocycles. The Balaban J connectivity index is 2.38. The van der Waals surface area contributed by atoms with Gasteiger partial charge in [-0.2, -0.15) is 12.6 Å². The monoisotopic (exact) mass is 176 g/mol. The van der Waals surface area contributed by atoms with Gasteiger partial charge in [0.05, 0.1) is 6.10 Å². The number of aliphatic carboxylic acids is 1. The molecule has 0 aromatic carbocycles. The molecule has 1 N–H and O–H groups in total. The minimum Gasteiger partial charge on any atom is -0.480 e. The SMILES string of the molecule is O=C(O)C(S)C1CCCCO1. The van der Waals surface area contributed by atoms with E-state index in [4.69, 9.17) is 9.84 Å². The molecule has 1 aliphatic heterocycles. The zero-order valence-electron chi connectivity index (χ0n) is 6.19. The topological polar surface area (TPSA) is 46.5 Å². The first-order valence-corrected chi connectivity index (χ1v) is 4.26. The van der Waals surface area contributed by atoms with Gasteiger partial charge in [-0.3, -0.25) is 4.79 Å². The zero-order chi connectivity index (χ0) is 8.27. The van der Waals surface area contributed by atoms with Gasteiger partial charge in [0.2, 0.25) is 0 Å². The molecule has 0 spiro atoms. The summed E-state index contributed by atoms with van der Waals surface area (Å²) in [6, 6.07) is 0. The second-order valence-electron chi connectivity index (χ2n) is 2.69. The van der Waals surface area contributed by atoms with Gasteiger partial charge in [-0.15, -0.1) is 0 Å².